The lowest BCUT2D eigenvalue weighted by Crippen LogP contribution is -2.26. The molecule has 1 aromatic rings. The van der Waals surface area contributed by atoms with Crippen molar-refractivity contribution in [1.82, 2.24) is 5.32 Å². The maximum atomic E-state index is 11.3. The van der Waals surface area contributed by atoms with Crippen molar-refractivity contribution in [3.05, 3.63) is 29.8 Å². The zero-order valence-electron chi connectivity index (χ0n) is 9.72. The number of rotatable bonds is 2. The molecule has 0 fully saturated rings. The average molecular weight is 206 g/mol. The molecule has 0 radical (unpaired) electrons. The summed E-state index contributed by atoms with van der Waals surface area (Å²) in [6.07, 6.45) is 0. The predicted molar refractivity (Wildman–Crippen MR) is 63.2 cm³/mol. The van der Waals surface area contributed by atoms with Crippen LogP contribution in [0.15, 0.2) is 24.3 Å². The molecular formula is C12H18N2O. The summed E-state index contributed by atoms with van der Waals surface area (Å²) in [5, 5.41) is 5.92. The van der Waals surface area contributed by atoms with Crippen molar-refractivity contribution < 1.29 is 4.79 Å². The van der Waals surface area contributed by atoms with Crippen LogP contribution in [-0.4, -0.2) is 18.5 Å². The van der Waals surface area contributed by atoms with Gasteiger partial charge >= 0.3 is 0 Å². The van der Waals surface area contributed by atoms with Gasteiger partial charge in [-0.25, -0.2) is 0 Å². The Morgan fingerprint density at radius 2 is 1.67 bits per heavy atom. The molecule has 0 heterocycles. The molecule has 0 bridgehead atoms. The molecule has 0 aliphatic rings. The van der Waals surface area contributed by atoms with E-state index >= 15 is 0 Å². The molecule has 0 saturated heterocycles. The Hall–Kier alpha value is -1.51. The zero-order chi connectivity index (χ0) is 11.5. The van der Waals surface area contributed by atoms with Gasteiger partial charge in [0.1, 0.15) is 0 Å². The van der Waals surface area contributed by atoms with Crippen molar-refractivity contribution in [1.29, 1.82) is 0 Å². The Morgan fingerprint density at radius 1 is 1.13 bits per heavy atom. The predicted octanol–water partition coefficient (Wildman–Crippen LogP) is 2.26. The highest BCUT2D eigenvalue weighted by atomic mass is 16.1. The molecule has 0 atom stereocenters. The van der Waals surface area contributed by atoms with E-state index in [1.54, 1.807) is 7.05 Å². The van der Waals surface area contributed by atoms with Gasteiger partial charge < -0.3 is 10.6 Å². The summed E-state index contributed by atoms with van der Waals surface area (Å²) in [5.41, 5.74) is 1.74. The second-order valence-electron chi connectivity index (χ2n) is 4.53. The van der Waals surface area contributed by atoms with Crippen LogP contribution in [-0.2, 0) is 0 Å². The van der Waals surface area contributed by atoms with Crippen molar-refractivity contribution >= 4 is 11.6 Å². The van der Waals surface area contributed by atoms with Crippen LogP contribution >= 0.6 is 0 Å². The Morgan fingerprint density at radius 3 is 2.07 bits per heavy atom. The summed E-state index contributed by atoms with van der Waals surface area (Å²) < 4.78 is 0. The van der Waals surface area contributed by atoms with E-state index in [-0.39, 0.29) is 11.4 Å². The van der Waals surface area contributed by atoms with Crippen molar-refractivity contribution in [2.75, 3.05) is 12.4 Å². The molecular weight excluding hydrogens is 188 g/mol. The Kier molecular flexibility index (Phi) is 3.35. The van der Waals surface area contributed by atoms with Crippen LogP contribution in [0.1, 0.15) is 31.1 Å². The monoisotopic (exact) mass is 206 g/mol. The number of carbonyl (C=O) groups excluding carboxylic acids is 1. The number of benzene rings is 1. The van der Waals surface area contributed by atoms with E-state index in [2.05, 4.69) is 31.4 Å². The maximum Gasteiger partial charge on any atom is 0.251 e. The highest BCUT2D eigenvalue weighted by molar-refractivity contribution is 5.94. The molecule has 0 unspecified atom stereocenters. The summed E-state index contributed by atoms with van der Waals surface area (Å²) in [5.74, 6) is -0.0580. The van der Waals surface area contributed by atoms with Gasteiger partial charge in [-0.3, -0.25) is 4.79 Å². The molecule has 2 N–H and O–H groups in total. The Bertz CT molecular complexity index is 336. The fourth-order valence-corrected chi connectivity index (χ4v) is 1.28. The van der Waals surface area contributed by atoms with Crippen LogP contribution in [0, 0.1) is 0 Å². The van der Waals surface area contributed by atoms with E-state index in [1.807, 2.05) is 24.3 Å². The van der Waals surface area contributed by atoms with Gasteiger partial charge in [-0.15, -0.1) is 0 Å². The van der Waals surface area contributed by atoms with E-state index in [0.717, 1.165) is 5.69 Å². The molecule has 0 aliphatic carbocycles. The average Bonchev–Trinajstić information content (AvgIpc) is 2.15. The largest absolute Gasteiger partial charge is 0.380 e. The van der Waals surface area contributed by atoms with Gasteiger partial charge in [-0.1, -0.05) is 0 Å². The smallest absolute Gasteiger partial charge is 0.251 e. The summed E-state index contributed by atoms with van der Waals surface area (Å²) in [6, 6.07) is 7.45. The quantitative estimate of drug-likeness (QED) is 0.779. The van der Waals surface area contributed by atoms with Crippen LogP contribution in [0.25, 0.3) is 0 Å². The van der Waals surface area contributed by atoms with E-state index in [1.165, 1.54) is 0 Å². The Labute approximate surface area is 90.9 Å². The highest BCUT2D eigenvalue weighted by Crippen LogP contribution is 2.15. The number of hydrogen-bond donors (Lipinski definition) is 2. The minimum atomic E-state index is -0.0580. The molecule has 3 heteroatoms. The fraction of sp³-hybridized carbons (Fsp3) is 0.417. The molecule has 82 valence electrons. The van der Waals surface area contributed by atoms with Crippen molar-refractivity contribution in [2.45, 2.75) is 26.3 Å². The Balaban J connectivity index is 2.77. The van der Waals surface area contributed by atoms with Crippen LogP contribution in [0.2, 0.25) is 0 Å². The molecule has 0 saturated carbocycles. The van der Waals surface area contributed by atoms with Gasteiger partial charge in [0, 0.05) is 23.8 Å². The molecule has 0 spiro atoms. The summed E-state index contributed by atoms with van der Waals surface area (Å²) in [6.45, 7) is 6.29. The van der Waals surface area contributed by atoms with E-state index in [4.69, 9.17) is 0 Å². The highest BCUT2D eigenvalue weighted by Gasteiger charge is 2.09. The zero-order valence-corrected chi connectivity index (χ0v) is 9.72. The molecule has 3 nitrogen and oxygen atoms in total. The number of anilines is 1. The molecule has 1 aromatic carbocycles. The fourth-order valence-electron chi connectivity index (χ4n) is 1.28. The maximum absolute atomic E-state index is 11.3. The topological polar surface area (TPSA) is 41.1 Å². The molecule has 0 aliphatic heterocycles. The first-order valence-electron chi connectivity index (χ1n) is 5.03. The normalized spacial score (nSPS) is 10.9. The third-order valence-electron chi connectivity index (χ3n) is 1.89. The van der Waals surface area contributed by atoms with E-state index in [9.17, 15) is 4.79 Å². The number of nitrogens with one attached hydrogen (secondary N) is 2. The third kappa shape index (κ3) is 3.62. The number of amides is 1. The van der Waals surface area contributed by atoms with Gasteiger partial charge in [0.15, 0.2) is 0 Å². The minimum Gasteiger partial charge on any atom is -0.380 e. The second kappa shape index (κ2) is 4.34. The van der Waals surface area contributed by atoms with Gasteiger partial charge in [0.2, 0.25) is 0 Å². The summed E-state index contributed by atoms with van der Waals surface area (Å²) in [7, 11) is 1.63. The van der Waals surface area contributed by atoms with Crippen LogP contribution in [0.5, 0.6) is 0 Å². The van der Waals surface area contributed by atoms with Crippen LogP contribution in [0.3, 0.4) is 0 Å². The number of carbonyl (C=O) groups is 1. The SMILES string of the molecule is CNC(=O)c1ccc(NC(C)(C)C)cc1. The van der Waals surface area contributed by atoms with Crippen molar-refractivity contribution in [2.24, 2.45) is 0 Å². The lowest BCUT2D eigenvalue weighted by Gasteiger charge is -2.22. The lowest BCUT2D eigenvalue weighted by molar-refractivity contribution is 0.0963. The van der Waals surface area contributed by atoms with Crippen molar-refractivity contribution in [3.8, 4) is 0 Å². The van der Waals surface area contributed by atoms with E-state index in [0.29, 0.717) is 5.56 Å². The minimum absolute atomic E-state index is 0.0362. The third-order valence-corrected chi connectivity index (χ3v) is 1.89. The molecule has 15 heavy (non-hydrogen) atoms. The summed E-state index contributed by atoms with van der Waals surface area (Å²) >= 11 is 0. The van der Waals surface area contributed by atoms with E-state index < -0.39 is 0 Å². The first kappa shape index (κ1) is 11.6. The number of hydrogen-bond acceptors (Lipinski definition) is 2. The van der Waals surface area contributed by atoms with Crippen LogP contribution in [0.4, 0.5) is 5.69 Å². The molecule has 1 rings (SSSR count). The first-order valence-corrected chi connectivity index (χ1v) is 5.03. The standard InChI is InChI=1S/C12H18N2O/c1-12(2,3)14-10-7-5-9(6-8-10)11(15)13-4/h5-8,14H,1-4H3,(H,13,15). The molecule has 0 aromatic heterocycles. The van der Waals surface area contributed by atoms with Gasteiger partial charge in [-0.2, -0.15) is 0 Å². The van der Waals surface area contributed by atoms with Crippen molar-refractivity contribution in [3.63, 3.8) is 0 Å². The first-order chi connectivity index (χ1) is 6.92. The van der Waals surface area contributed by atoms with Gasteiger partial charge in [-0.05, 0) is 45.0 Å². The lowest BCUT2D eigenvalue weighted by atomic mass is 10.1. The van der Waals surface area contributed by atoms with Crippen LogP contribution < -0.4 is 10.6 Å². The van der Waals surface area contributed by atoms with Gasteiger partial charge in [0.25, 0.3) is 5.91 Å². The van der Waals surface area contributed by atoms with Gasteiger partial charge in [0.05, 0.1) is 0 Å². The summed E-state index contributed by atoms with van der Waals surface area (Å²) in [4.78, 5) is 11.3. The second-order valence-corrected chi connectivity index (χ2v) is 4.53. The molecule has 1 amide bonds.